The van der Waals surface area contributed by atoms with E-state index < -0.39 is 7.12 Å². The molecular weight excluding hydrogens is 329 g/mol. The van der Waals surface area contributed by atoms with Crippen molar-refractivity contribution < 1.29 is 19.6 Å². The van der Waals surface area contributed by atoms with Crippen molar-refractivity contribution in [3.8, 4) is 0 Å². The summed E-state index contributed by atoms with van der Waals surface area (Å²) in [5.41, 5.74) is 2.86. The summed E-state index contributed by atoms with van der Waals surface area (Å²) in [6.45, 7) is 0. The fourth-order valence-electron chi connectivity index (χ4n) is 3.17. The average Bonchev–Trinajstić information content (AvgIpc) is 2.65. The molecule has 1 aliphatic carbocycles. The Morgan fingerprint density at radius 1 is 0.923 bits per heavy atom. The van der Waals surface area contributed by atoms with Gasteiger partial charge < -0.3 is 15.4 Å². The highest BCUT2D eigenvalue weighted by Gasteiger charge is 2.19. The molecule has 0 saturated carbocycles. The number of nitrogens with one attached hydrogen (secondary N) is 1. The second kappa shape index (κ2) is 6.26. The summed E-state index contributed by atoms with van der Waals surface area (Å²) in [4.78, 5) is 24.8. The number of allylic oxidation sites excluding steroid dienone is 1. The van der Waals surface area contributed by atoms with Crippen LogP contribution in [0, 0.1) is 0 Å². The molecular formula is C20H14BNO4. The maximum Gasteiger partial charge on any atom is 0.488 e. The molecule has 3 aromatic rings. The molecule has 6 heteroatoms. The molecule has 26 heavy (non-hydrogen) atoms. The van der Waals surface area contributed by atoms with E-state index in [0.717, 1.165) is 16.3 Å². The third-order valence-electron chi connectivity index (χ3n) is 4.46. The first kappa shape index (κ1) is 16.3. The number of benzene rings is 3. The van der Waals surface area contributed by atoms with Crippen molar-refractivity contribution in [3.05, 3.63) is 77.4 Å². The standard InChI is InChI=1S/C20H14BNO4/c23-18-11-5-12-4-10-16(15-2-1-3-17(18)19(12)15)20(24)22-14-8-6-13(7-9-14)21(25)26/h1-11,25-26H,(H,22,24). The average molecular weight is 343 g/mol. The quantitative estimate of drug-likeness (QED) is 0.635. The van der Waals surface area contributed by atoms with Crippen molar-refractivity contribution in [1.82, 2.24) is 0 Å². The summed E-state index contributed by atoms with van der Waals surface area (Å²) in [5, 5.41) is 22.6. The third kappa shape index (κ3) is 2.71. The molecule has 5 nitrogen and oxygen atoms in total. The van der Waals surface area contributed by atoms with Crippen LogP contribution < -0.4 is 10.8 Å². The van der Waals surface area contributed by atoms with Crippen molar-refractivity contribution in [3.63, 3.8) is 0 Å². The number of hydrogen-bond acceptors (Lipinski definition) is 4. The zero-order chi connectivity index (χ0) is 18.3. The van der Waals surface area contributed by atoms with Crippen LogP contribution in [0.25, 0.3) is 16.8 Å². The van der Waals surface area contributed by atoms with E-state index >= 15 is 0 Å². The molecule has 0 bridgehead atoms. The minimum absolute atomic E-state index is 0.0705. The van der Waals surface area contributed by atoms with Gasteiger partial charge in [0.15, 0.2) is 5.78 Å². The molecule has 0 radical (unpaired) electrons. The number of ketones is 1. The van der Waals surface area contributed by atoms with Crippen LogP contribution in [0.15, 0.2) is 60.7 Å². The van der Waals surface area contributed by atoms with Gasteiger partial charge in [0, 0.05) is 22.2 Å². The van der Waals surface area contributed by atoms with Crippen LogP contribution in [-0.2, 0) is 0 Å². The van der Waals surface area contributed by atoms with Gasteiger partial charge in [-0.05, 0) is 40.7 Å². The normalized spacial score (nSPS) is 12.3. The maximum atomic E-state index is 12.7. The largest absolute Gasteiger partial charge is 0.488 e. The van der Waals surface area contributed by atoms with Crippen LogP contribution in [-0.4, -0.2) is 28.9 Å². The summed E-state index contributed by atoms with van der Waals surface area (Å²) in [6.07, 6.45) is 3.30. The number of anilines is 1. The Morgan fingerprint density at radius 2 is 1.69 bits per heavy atom. The van der Waals surface area contributed by atoms with Gasteiger partial charge in [0.05, 0.1) is 0 Å². The van der Waals surface area contributed by atoms with Gasteiger partial charge in [0.2, 0.25) is 0 Å². The Morgan fingerprint density at radius 3 is 2.42 bits per heavy atom. The minimum atomic E-state index is -1.55. The molecule has 1 aliphatic rings. The van der Waals surface area contributed by atoms with Gasteiger partial charge in [-0.15, -0.1) is 0 Å². The molecule has 0 atom stereocenters. The Bertz CT molecular complexity index is 1070. The van der Waals surface area contributed by atoms with Gasteiger partial charge in [0.1, 0.15) is 0 Å². The number of rotatable bonds is 3. The first-order valence-corrected chi connectivity index (χ1v) is 8.10. The van der Waals surface area contributed by atoms with Crippen LogP contribution in [0.4, 0.5) is 5.69 Å². The van der Waals surface area contributed by atoms with Gasteiger partial charge in [-0.1, -0.05) is 42.5 Å². The molecule has 0 aliphatic heterocycles. The molecule has 0 fully saturated rings. The highest BCUT2D eigenvalue weighted by atomic mass is 16.4. The predicted molar refractivity (Wildman–Crippen MR) is 102 cm³/mol. The molecule has 0 heterocycles. The van der Waals surface area contributed by atoms with E-state index in [1.807, 2.05) is 12.1 Å². The molecule has 126 valence electrons. The van der Waals surface area contributed by atoms with E-state index in [9.17, 15) is 9.59 Å². The van der Waals surface area contributed by atoms with Crippen LogP contribution in [0.5, 0.6) is 0 Å². The first-order chi connectivity index (χ1) is 12.5. The summed E-state index contributed by atoms with van der Waals surface area (Å²) >= 11 is 0. The number of amides is 1. The molecule has 0 aromatic heterocycles. The summed E-state index contributed by atoms with van der Waals surface area (Å²) in [5.74, 6) is -0.369. The number of carbonyl (C=O) groups is 2. The molecule has 0 spiro atoms. The molecule has 3 N–H and O–H groups in total. The van der Waals surface area contributed by atoms with E-state index in [1.165, 1.54) is 18.2 Å². The molecule has 0 saturated heterocycles. The SMILES string of the molecule is O=C(Nc1ccc(B(O)O)cc1)c1ccc2c3c(cccc13)C(=O)C=C2. The number of hydrogen-bond donors (Lipinski definition) is 3. The van der Waals surface area contributed by atoms with Gasteiger partial charge in [0.25, 0.3) is 5.91 Å². The van der Waals surface area contributed by atoms with Crippen molar-refractivity contribution in [2.45, 2.75) is 0 Å². The van der Waals surface area contributed by atoms with E-state index in [4.69, 9.17) is 10.0 Å². The lowest BCUT2D eigenvalue weighted by Crippen LogP contribution is -2.29. The van der Waals surface area contributed by atoms with Crippen LogP contribution >= 0.6 is 0 Å². The zero-order valence-corrected chi connectivity index (χ0v) is 13.6. The van der Waals surface area contributed by atoms with E-state index in [0.29, 0.717) is 22.3 Å². The summed E-state index contributed by atoms with van der Waals surface area (Å²) in [7, 11) is -1.55. The Labute approximate surface area is 149 Å². The maximum absolute atomic E-state index is 12.7. The lowest BCUT2D eigenvalue weighted by atomic mass is 9.80. The van der Waals surface area contributed by atoms with Crippen LogP contribution in [0.3, 0.4) is 0 Å². The van der Waals surface area contributed by atoms with Gasteiger partial charge in [-0.2, -0.15) is 0 Å². The van der Waals surface area contributed by atoms with E-state index in [2.05, 4.69) is 5.32 Å². The topological polar surface area (TPSA) is 86.6 Å². The Kier molecular flexibility index (Phi) is 3.91. The lowest BCUT2D eigenvalue weighted by molar-refractivity contribution is 0.102. The van der Waals surface area contributed by atoms with Crippen molar-refractivity contribution >= 4 is 46.8 Å². The fraction of sp³-hybridized carbons (Fsp3) is 0. The van der Waals surface area contributed by atoms with Gasteiger partial charge in [-0.25, -0.2) is 0 Å². The first-order valence-electron chi connectivity index (χ1n) is 8.10. The van der Waals surface area contributed by atoms with Crippen LogP contribution in [0.1, 0.15) is 26.3 Å². The second-order valence-electron chi connectivity index (χ2n) is 6.08. The third-order valence-corrected chi connectivity index (χ3v) is 4.46. The zero-order valence-electron chi connectivity index (χ0n) is 13.6. The molecule has 0 unspecified atom stereocenters. The summed E-state index contributed by atoms with van der Waals surface area (Å²) in [6, 6.07) is 15.2. The smallest absolute Gasteiger partial charge is 0.423 e. The van der Waals surface area contributed by atoms with E-state index in [1.54, 1.807) is 36.4 Å². The monoisotopic (exact) mass is 343 g/mol. The highest BCUT2D eigenvalue weighted by Crippen LogP contribution is 2.31. The molecule has 3 aromatic carbocycles. The predicted octanol–water partition coefficient (Wildman–Crippen LogP) is 1.98. The number of carbonyl (C=O) groups excluding carboxylic acids is 2. The Balaban J connectivity index is 1.72. The van der Waals surface area contributed by atoms with Crippen molar-refractivity contribution in [2.75, 3.05) is 5.32 Å². The molecule has 4 rings (SSSR count). The Hall–Kier alpha value is -3.22. The lowest BCUT2D eigenvalue weighted by Gasteiger charge is -2.15. The van der Waals surface area contributed by atoms with Crippen molar-refractivity contribution in [1.29, 1.82) is 0 Å². The van der Waals surface area contributed by atoms with Gasteiger partial charge >= 0.3 is 7.12 Å². The van der Waals surface area contributed by atoms with E-state index in [-0.39, 0.29) is 11.7 Å². The fourth-order valence-corrected chi connectivity index (χ4v) is 3.17. The second-order valence-corrected chi connectivity index (χ2v) is 6.08. The minimum Gasteiger partial charge on any atom is -0.423 e. The van der Waals surface area contributed by atoms with Crippen LogP contribution in [0.2, 0.25) is 0 Å². The summed E-state index contributed by atoms with van der Waals surface area (Å²) < 4.78 is 0. The molecule has 1 amide bonds. The van der Waals surface area contributed by atoms with Gasteiger partial charge in [-0.3, -0.25) is 9.59 Å². The highest BCUT2D eigenvalue weighted by molar-refractivity contribution is 6.58. The van der Waals surface area contributed by atoms with Crippen molar-refractivity contribution in [2.24, 2.45) is 0 Å².